The van der Waals surface area contributed by atoms with E-state index in [1.807, 2.05) is 6.92 Å². The largest absolute Gasteiger partial charge is 0.457 e. The van der Waals surface area contributed by atoms with Crippen LogP contribution in [-0.4, -0.2) is 32.5 Å². The van der Waals surface area contributed by atoms with E-state index in [4.69, 9.17) is 4.74 Å². The van der Waals surface area contributed by atoms with Crippen LogP contribution in [0.1, 0.15) is 41.3 Å². The minimum absolute atomic E-state index is 0.0789. The fraction of sp³-hybridized carbons (Fsp3) is 0.409. The van der Waals surface area contributed by atoms with Crippen LogP contribution < -0.4 is 4.74 Å². The maximum absolute atomic E-state index is 13.8. The standard InChI is InChI=1S/C22H22F6O4/c1-3-4-7-16-12-17(20(21(23,24)25,22(26,27)28)31-14-30-2)9-10-19(16)32-18-8-5-6-15(11-18)13-29/h5-6,8-13H,3-4,7,14H2,1-2H3. The molecule has 0 atom stereocenters. The van der Waals surface area contributed by atoms with Crippen LogP contribution in [-0.2, 0) is 21.5 Å². The number of carbonyl (C=O) groups is 1. The van der Waals surface area contributed by atoms with Gasteiger partial charge in [0.15, 0.2) is 0 Å². The van der Waals surface area contributed by atoms with Gasteiger partial charge in [-0.2, -0.15) is 26.3 Å². The zero-order valence-corrected chi connectivity index (χ0v) is 17.3. The van der Waals surface area contributed by atoms with Gasteiger partial charge in [-0.15, -0.1) is 0 Å². The topological polar surface area (TPSA) is 44.8 Å². The molecule has 0 spiro atoms. The van der Waals surface area contributed by atoms with Gasteiger partial charge in [0, 0.05) is 18.2 Å². The summed E-state index contributed by atoms with van der Waals surface area (Å²) in [6, 6.07) is 8.49. The predicted octanol–water partition coefficient (Wildman–Crippen LogP) is 6.57. The molecule has 0 aromatic heterocycles. The van der Waals surface area contributed by atoms with Crippen molar-refractivity contribution < 1.29 is 45.3 Å². The summed E-state index contributed by atoms with van der Waals surface area (Å²) in [5, 5.41) is 0. The molecule has 0 unspecified atom stereocenters. The highest BCUT2D eigenvalue weighted by atomic mass is 19.4. The number of hydrogen-bond donors (Lipinski definition) is 0. The van der Waals surface area contributed by atoms with Crippen molar-refractivity contribution >= 4 is 6.29 Å². The van der Waals surface area contributed by atoms with E-state index >= 15 is 0 Å². The lowest BCUT2D eigenvalue weighted by Gasteiger charge is -2.37. The average Bonchev–Trinajstić information content (AvgIpc) is 2.72. The van der Waals surface area contributed by atoms with Gasteiger partial charge in [-0.05, 0) is 42.7 Å². The van der Waals surface area contributed by atoms with E-state index in [0.717, 1.165) is 19.2 Å². The summed E-state index contributed by atoms with van der Waals surface area (Å²) in [6.45, 7) is 0.607. The van der Waals surface area contributed by atoms with Gasteiger partial charge in [0.05, 0.1) is 0 Å². The van der Waals surface area contributed by atoms with Crippen LogP contribution in [0.2, 0.25) is 0 Å². The van der Waals surface area contributed by atoms with Crippen LogP contribution in [0.4, 0.5) is 26.3 Å². The minimum Gasteiger partial charge on any atom is -0.457 e. The molecule has 0 saturated carbocycles. The van der Waals surface area contributed by atoms with Gasteiger partial charge < -0.3 is 14.2 Å². The van der Waals surface area contributed by atoms with Crippen molar-refractivity contribution in [2.45, 2.75) is 44.1 Å². The van der Waals surface area contributed by atoms with E-state index in [-0.39, 0.29) is 23.5 Å². The van der Waals surface area contributed by atoms with Gasteiger partial charge in [-0.25, -0.2) is 0 Å². The lowest BCUT2D eigenvalue weighted by molar-refractivity contribution is -0.400. The van der Waals surface area contributed by atoms with Gasteiger partial charge >= 0.3 is 12.4 Å². The highest BCUT2D eigenvalue weighted by Gasteiger charge is 2.73. The molecule has 10 heteroatoms. The van der Waals surface area contributed by atoms with Crippen LogP contribution in [0.15, 0.2) is 42.5 Å². The highest BCUT2D eigenvalue weighted by molar-refractivity contribution is 5.75. The predicted molar refractivity (Wildman–Crippen MR) is 104 cm³/mol. The molecule has 0 fully saturated rings. The highest BCUT2D eigenvalue weighted by Crippen LogP contribution is 2.53. The Morgan fingerprint density at radius 1 is 0.969 bits per heavy atom. The van der Waals surface area contributed by atoms with Gasteiger partial charge in [0.2, 0.25) is 0 Å². The summed E-state index contributed by atoms with van der Waals surface area (Å²) in [5.74, 6) is 0.295. The van der Waals surface area contributed by atoms with E-state index < -0.39 is 30.3 Å². The molecule has 0 aliphatic heterocycles. The van der Waals surface area contributed by atoms with Crippen molar-refractivity contribution in [1.29, 1.82) is 0 Å². The van der Waals surface area contributed by atoms with E-state index in [1.54, 1.807) is 0 Å². The Bertz CT molecular complexity index is 894. The zero-order chi connectivity index (χ0) is 24.0. The smallest absolute Gasteiger partial charge is 0.430 e. The number of alkyl halides is 6. The molecule has 0 radical (unpaired) electrons. The molecule has 0 aliphatic rings. The monoisotopic (exact) mass is 464 g/mol. The Morgan fingerprint density at radius 3 is 2.22 bits per heavy atom. The van der Waals surface area contributed by atoms with E-state index in [1.165, 1.54) is 24.3 Å². The number of benzene rings is 2. The summed E-state index contributed by atoms with van der Waals surface area (Å²) in [7, 11) is 0.925. The van der Waals surface area contributed by atoms with Gasteiger partial charge in [-0.1, -0.05) is 31.5 Å². The molecule has 0 amide bonds. The molecule has 2 aromatic carbocycles. The van der Waals surface area contributed by atoms with Crippen LogP contribution in [0.25, 0.3) is 0 Å². The van der Waals surface area contributed by atoms with Crippen LogP contribution >= 0.6 is 0 Å². The Labute approximate surface area is 181 Å². The fourth-order valence-corrected chi connectivity index (χ4v) is 3.12. The van der Waals surface area contributed by atoms with Gasteiger partial charge in [0.1, 0.15) is 24.6 Å². The van der Waals surface area contributed by atoms with Crippen LogP contribution in [0.5, 0.6) is 11.5 Å². The molecule has 176 valence electrons. The van der Waals surface area contributed by atoms with Crippen LogP contribution in [0.3, 0.4) is 0 Å². The third-order valence-electron chi connectivity index (χ3n) is 4.68. The summed E-state index contributed by atoms with van der Waals surface area (Å²) in [6.07, 6.45) is -9.73. The first-order valence-corrected chi connectivity index (χ1v) is 9.63. The molecule has 0 aliphatic carbocycles. The molecular formula is C22H22F6O4. The van der Waals surface area contributed by atoms with Crippen molar-refractivity contribution in [3.63, 3.8) is 0 Å². The van der Waals surface area contributed by atoms with Crippen molar-refractivity contribution in [2.24, 2.45) is 0 Å². The molecule has 0 bridgehead atoms. The van der Waals surface area contributed by atoms with Crippen molar-refractivity contribution in [2.75, 3.05) is 13.9 Å². The maximum atomic E-state index is 13.8. The van der Waals surface area contributed by atoms with Gasteiger partial charge in [0.25, 0.3) is 5.60 Å². The molecule has 32 heavy (non-hydrogen) atoms. The molecule has 0 saturated heterocycles. The van der Waals surface area contributed by atoms with Crippen molar-refractivity contribution in [1.82, 2.24) is 0 Å². The van der Waals surface area contributed by atoms with Gasteiger partial charge in [-0.3, -0.25) is 4.79 Å². The third-order valence-corrected chi connectivity index (χ3v) is 4.68. The summed E-state index contributed by atoms with van der Waals surface area (Å²) < 4.78 is 97.3. The van der Waals surface area contributed by atoms with Crippen molar-refractivity contribution in [3.8, 4) is 11.5 Å². The lowest BCUT2D eigenvalue weighted by atomic mass is 9.89. The number of rotatable bonds is 10. The molecule has 0 N–H and O–H groups in total. The normalized spacial score (nSPS) is 12.6. The molecule has 4 nitrogen and oxygen atoms in total. The number of methoxy groups -OCH3 is 1. The van der Waals surface area contributed by atoms with E-state index in [0.29, 0.717) is 30.8 Å². The Kier molecular flexibility index (Phi) is 8.30. The Hall–Kier alpha value is -2.59. The number of unbranched alkanes of at least 4 members (excludes halogenated alkanes) is 1. The third kappa shape index (κ3) is 5.42. The number of halogens is 6. The lowest BCUT2D eigenvalue weighted by Crippen LogP contribution is -2.56. The minimum atomic E-state index is -5.81. The first-order chi connectivity index (χ1) is 15.0. The summed E-state index contributed by atoms with van der Waals surface area (Å²) in [4.78, 5) is 11.0. The number of ether oxygens (including phenoxy) is 3. The Morgan fingerprint density at radius 2 is 1.66 bits per heavy atom. The van der Waals surface area contributed by atoms with E-state index in [9.17, 15) is 31.1 Å². The first kappa shape index (κ1) is 25.7. The second-order valence-electron chi connectivity index (χ2n) is 6.95. The summed E-state index contributed by atoms with van der Waals surface area (Å²) >= 11 is 0. The molecular weight excluding hydrogens is 442 g/mol. The van der Waals surface area contributed by atoms with Crippen molar-refractivity contribution in [3.05, 3.63) is 59.2 Å². The second kappa shape index (κ2) is 10.4. The van der Waals surface area contributed by atoms with E-state index in [2.05, 4.69) is 9.47 Å². The SMILES string of the molecule is CCCCc1cc(C(OCOC)(C(F)(F)F)C(F)(F)F)ccc1Oc1cccc(C=O)c1. The Balaban J connectivity index is 2.62. The second-order valence-corrected chi connectivity index (χ2v) is 6.95. The summed E-state index contributed by atoms with van der Waals surface area (Å²) in [5.41, 5.74) is -5.27. The number of carbonyl (C=O) groups excluding carboxylic acids is 1. The molecule has 0 heterocycles. The quantitative estimate of drug-likeness (QED) is 0.227. The average molecular weight is 464 g/mol. The number of hydrogen-bond acceptors (Lipinski definition) is 4. The zero-order valence-electron chi connectivity index (χ0n) is 17.3. The molecule has 2 aromatic rings. The fourth-order valence-electron chi connectivity index (χ4n) is 3.12. The first-order valence-electron chi connectivity index (χ1n) is 9.63. The number of aryl methyl sites for hydroxylation is 1. The number of aldehydes is 1. The maximum Gasteiger partial charge on any atom is 0.430 e. The van der Waals surface area contributed by atoms with Crippen LogP contribution in [0, 0.1) is 0 Å². The molecule has 2 rings (SSSR count).